The SMILES string of the molecule is C=C(N)C(N)CCCCNC(=O)CCCCn1cc(COC)nn1. The third kappa shape index (κ3) is 8.64. The van der Waals surface area contributed by atoms with Crippen molar-refractivity contribution in [3.05, 3.63) is 24.2 Å². The number of nitrogens with two attached hydrogens (primary N) is 2. The first-order valence-electron chi connectivity index (χ1n) is 8.37. The van der Waals surface area contributed by atoms with Gasteiger partial charge >= 0.3 is 0 Å². The van der Waals surface area contributed by atoms with Gasteiger partial charge in [0.05, 0.1) is 12.8 Å². The minimum atomic E-state index is -0.151. The fourth-order valence-corrected chi connectivity index (χ4v) is 2.21. The summed E-state index contributed by atoms with van der Waals surface area (Å²) in [5, 5.41) is 10.9. The molecule has 0 bridgehead atoms. The zero-order valence-electron chi connectivity index (χ0n) is 14.5. The first kappa shape index (κ1) is 20.1. The number of hydrogen-bond acceptors (Lipinski definition) is 6. The van der Waals surface area contributed by atoms with Gasteiger partial charge in [0.2, 0.25) is 5.91 Å². The highest BCUT2D eigenvalue weighted by molar-refractivity contribution is 5.75. The van der Waals surface area contributed by atoms with E-state index in [4.69, 9.17) is 16.2 Å². The van der Waals surface area contributed by atoms with Gasteiger partial charge in [-0.05, 0) is 32.1 Å². The molecule has 1 aromatic rings. The Labute approximate surface area is 143 Å². The van der Waals surface area contributed by atoms with E-state index < -0.39 is 0 Å². The van der Waals surface area contributed by atoms with Crippen molar-refractivity contribution < 1.29 is 9.53 Å². The van der Waals surface area contributed by atoms with Gasteiger partial charge in [0.25, 0.3) is 0 Å². The monoisotopic (exact) mass is 338 g/mol. The number of nitrogens with one attached hydrogen (secondary N) is 1. The molecular formula is C16H30N6O2. The Morgan fingerprint density at radius 1 is 1.42 bits per heavy atom. The lowest BCUT2D eigenvalue weighted by molar-refractivity contribution is -0.121. The van der Waals surface area contributed by atoms with Crippen molar-refractivity contribution >= 4 is 5.91 Å². The molecule has 0 saturated heterocycles. The molecule has 0 radical (unpaired) electrons. The van der Waals surface area contributed by atoms with Crippen LogP contribution in [-0.4, -0.2) is 40.6 Å². The number of methoxy groups -OCH3 is 1. The number of carbonyl (C=O) groups is 1. The van der Waals surface area contributed by atoms with Crippen molar-refractivity contribution in [2.45, 2.75) is 57.7 Å². The third-order valence-corrected chi connectivity index (χ3v) is 3.66. The smallest absolute Gasteiger partial charge is 0.219 e. The lowest BCUT2D eigenvalue weighted by Gasteiger charge is -2.10. The number of rotatable bonds is 13. The molecule has 0 aromatic carbocycles. The van der Waals surface area contributed by atoms with Crippen LogP contribution in [0.1, 0.15) is 44.2 Å². The molecule has 0 saturated carbocycles. The summed E-state index contributed by atoms with van der Waals surface area (Å²) in [6.07, 6.45) is 6.72. The molecule has 1 unspecified atom stereocenters. The molecule has 1 amide bonds. The number of carbonyl (C=O) groups excluding carboxylic acids is 1. The minimum absolute atomic E-state index is 0.0844. The second kappa shape index (κ2) is 11.6. The van der Waals surface area contributed by atoms with E-state index in [2.05, 4.69) is 22.2 Å². The number of nitrogens with zero attached hydrogens (tertiary/aromatic N) is 3. The van der Waals surface area contributed by atoms with E-state index in [0.29, 0.717) is 25.3 Å². The normalized spacial score (nSPS) is 12.1. The fourth-order valence-electron chi connectivity index (χ4n) is 2.21. The molecule has 1 heterocycles. The summed E-state index contributed by atoms with van der Waals surface area (Å²) in [7, 11) is 1.63. The van der Waals surface area contributed by atoms with Gasteiger partial charge in [-0.1, -0.05) is 11.8 Å². The third-order valence-electron chi connectivity index (χ3n) is 3.66. The molecule has 1 rings (SSSR count). The first-order valence-corrected chi connectivity index (χ1v) is 8.37. The molecule has 1 atom stereocenters. The van der Waals surface area contributed by atoms with Crippen LogP contribution in [0.4, 0.5) is 0 Å². The van der Waals surface area contributed by atoms with E-state index in [1.807, 2.05) is 6.20 Å². The van der Waals surface area contributed by atoms with Gasteiger partial charge in [-0.2, -0.15) is 0 Å². The minimum Gasteiger partial charge on any atom is -0.401 e. The Morgan fingerprint density at radius 3 is 2.92 bits per heavy atom. The highest BCUT2D eigenvalue weighted by Gasteiger charge is 2.05. The standard InChI is InChI=1S/C16H30N6O2/c1-13(17)15(18)7-3-5-9-19-16(23)8-4-6-10-22-11-14(12-24-2)20-21-22/h11,15H,1,3-10,12,17-18H2,2H3,(H,19,23). The maximum atomic E-state index is 11.7. The maximum Gasteiger partial charge on any atom is 0.219 e. The summed E-state index contributed by atoms with van der Waals surface area (Å²) in [4.78, 5) is 11.7. The van der Waals surface area contributed by atoms with Crippen LogP contribution < -0.4 is 16.8 Å². The van der Waals surface area contributed by atoms with Crippen LogP contribution in [0.15, 0.2) is 18.5 Å². The van der Waals surface area contributed by atoms with E-state index in [1.165, 1.54) is 0 Å². The Kier molecular flexibility index (Phi) is 9.71. The van der Waals surface area contributed by atoms with E-state index in [1.54, 1.807) is 11.8 Å². The molecular weight excluding hydrogens is 308 g/mol. The highest BCUT2D eigenvalue weighted by atomic mass is 16.5. The highest BCUT2D eigenvalue weighted by Crippen LogP contribution is 2.03. The van der Waals surface area contributed by atoms with Crippen LogP contribution in [0.3, 0.4) is 0 Å². The number of unbranched alkanes of at least 4 members (excludes halogenated alkanes) is 2. The zero-order chi connectivity index (χ0) is 17.8. The molecule has 0 spiro atoms. The van der Waals surface area contributed by atoms with Crippen molar-refractivity contribution in [3.8, 4) is 0 Å². The lowest BCUT2D eigenvalue weighted by atomic mass is 10.1. The van der Waals surface area contributed by atoms with E-state index in [-0.39, 0.29) is 11.9 Å². The molecule has 5 N–H and O–H groups in total. The summed E-state index contributed by atoms with van der Waals surface area (Å²) in [5.41, 5.74) is 12.6. The topological polar surface area (TPSA) is 121 Å². The van der Waals surface area contributed by atoms with Gasteiger partial charge in [0.15, 0.2) is 0 Å². The predicted octanol–water partition coefficient (Wildman–Crippen LogP) is 0.681. The Bertz CT molecular complexity index is 503. The van der Waals surface area contributed by atoms with Crippen LogP contribution in [0.2, 0.25) is 0 Å². The van der Waals surface area contributed by atoms with Gasteiger partial charge in [-0.3, -0.25) is 9.48 Å². The van der Waals surface area contributed by atoms with Gasteiger partial charge in [-0.15, -0.1) is 5.10 Å². The van der Waals surface area contributed by atoms with Crippen molar-refractivity contribution in [3.63, 3.8) is 0 Å². The number of hydrogen-bond donors (Lipinski definition) is 3. The molecule has 1 aromatic heterocycles. The molecule has 0 fully saturated rings. The average molecular weight is 338 g/mol. The Balaban J connectivity index is 2.00. The summed E-state index contributed by atoms with van der Waals surface area (Å²) in [5.74, 6) is 0.0844. The lowest BCUT2D eigenvalue weighted by Crippen LogP contribution is -2.27. The maximum absolute atomic E-state index is 11.7. The number of ether oxygens (including phenoxy) is 1. The number of aromatic nitrogens is 3. The molecule has 24 heavy (non-hydrogen) atoms. The van der Waals surface area contributed by atoms with Crippen molar-refractivity contribution in [2.75, 3.05) is 13.7 Å². The van der Waals surface area contributed by atoms with E-state index in [9.17, 15) is 4.79 Å². The van der Waals surface area contributed by atoms with Crippen LogP contribution in [-0.2, 0) is 22.7 Å². The summed E-state index contributed by atoms with van der Waals surface area (Å²) in [6.45, 7) is 5.52. The first-order chi connectivity index (χ1) is 11.5. The molecule has 8 nitrogen and oxygen atoms in total. The van der Waals surface area contributed by atoms with E-state index in [0.717, 1.165) is 44.3 Å². The summed E-state index contributed by atoms with van der Waals surface area (Å²) < 4.78 is 6.77. The summed E-state index contributed by atoms with van der Waals surface area (Å²) in [6, 6.07) is -0.151. The van der Waals surface area contributed by atoms with Crippen molar-refractivity contribution in [2.24, 2.45) is 11.5 Å². The Morgan fingerprint density at radius 2 is 2.21 bits per heavy atom. The van der Waals surface area contributed by atoms with Crippen molar-refractivity contribution in [1.82, 2.24) is 20.3 Å². The molecule has 8 heteroatoms. The number of aryl methyl sites for hydroxylation is 1. The molecule has 0 aliphatic rings. The second-order valence-electron chi connectivity index (χ2n) is 5.89. The molecule has 0 aliphatic carbocycles. The van der Waals surface area contributed by atoms with Crippen LogP contribution in [0.5, 0.6) is 0 Å². The van der Waals surface area contributed by atoms with Crippen LogP contribution in [0, 0.1) is 0 Å². The largest absolute Gasteiger partial charge is 0.401 e. The van der Waals surface area contributed by atoms with Gasteiger partial charge in [0.1, 0.15) is 5.69 Å². The van der Waals surface area contributed by atoms with Gasteiger partial charge < -0.3 is 21.5 Å². The zero-order valence-corrected chi connectivity index (χ0v) is 14.5. The van der Waals surface area contributed by atoms with Crippen LogP contribution >= 0.6 is 0 Å². The van der Waals surface area contributed by atoms with Crippen molar-refractivity contribution in [1.29, 1.82) is 0 Å². The molecule has 136 valence electrons. The van der Waals surface area contributed by atoms with Gasteiger partial charge in [0, 0.05) is 38.4 Å². The van der Waals surface area contributed by atoms with Crippen LogP contribution in [0.25, 0.3) is 0 Å². The van der Waals surface area contributed by atoms with E-state index >= 15 is 0 Å². The number of amides is 1. The Hall–Kier alpha value is -1.93. The summed E-state index contributed by atoms with van der Waals surface area (Å²) >= 11 is 0. The predicted molar refractivity (Wildman–Crippen MR) is 92.7 cm³/mol. The fraction of sp³-hybridized carbons (Fsp3) is 0.688. The molecule has 0 aliphatic heterocycles. The van der Waals surface area contributed by atoms with Gasteiger partial charge in [-0.25, -0.2) is 0 Å². The second-order valence-corrected chi connectivity index (χ2v) is 5.89. The quantitative estimate of drug-likeness (QED) is 0.455. The average Bonchev–Trinajstić information content (AvgIpc) is 2.99.